The number of nitrogens with one attached hydrogen (secondary N) is 2. The van der Waals surface area contributed by atoms with E-state index in [1.165, 1.54) is 0 Å². The molecule has 0 heterocycles. The van der Waals surface area contributed by atoms with E-state index in [0.717, 1.165) is 18.7 Å². The number of halogens is 1. The number of methoxy groups -OCH3 is 1. The van der Waals surface area contributed by atoms with Crippen LogP contribution in [0.5, 0.6) is 0 Å². The quantitative estimate of drug-likeness (QED) is 0.771. The highest BCUT2D eigenvalue weighted by Crippen LogP contribution is 2.22. The number of benzene rings is 1. The average Bonchev–Trinajstić information content (AvgIpc) is 2.45. The van der Waals surface area contributed by atoms with Gasteiger partial charge in [-0.25, -0.2) is 0 Å². The van der Waals surface area contributed by atoms with E-state index in [-0.39, 0.29) is 11.3 Å². The van der Waals surface area contributed by atoms with Crippen LogP contribution >= 0.6 is 11.6 Å². The van der Waals surface area contributed by atoms with Crippen molar-refractivity contribution in [2.45, 2.75) is 27.2 Å². The van der Waals surface area contributed by atoms with Crippen LogP contribution in [-0.2, 0) is 4.74 Å². The molecule has 0 saturated carbocycles. The number of ether oxygens (including phenoxy) is 1. The molecule has 5 heteroatoms. The lowest BCUT2D eigenvalue weighted by molar-refractivity contribution is 0.0921. The van der Waals surface area contributed by atoms with Crippen molar-refractivity contribution < 1.29 is 9.53 Å². The third-order valence-electron chi connectivity index (χ3n) is 3.30. The Kier molecular flexibility index (Phi) is 6.99. The maximum absolute atomic E-state index is 12.4. The van der Waals surface area contributed by atoms with Crippen molar-refractivity contribution >= 4 is 23.2 Å². The van der Waals surface area contributed by atoms with E-state index >= 15 is 0 Å². The zero-order valence-corrected chi connectivity index (χ0v) is 14.0. The smallest absolute Gasteiger partial charge is 0.253 e. The normalized spacial score (nSPS) is 11.3. The number of carbonyl (C=O) groups is 1. The molecule has 1 aromatic carbocycles. The molecule has 1 aromatic rings. The molecule has 0 atom stereocenters. The van der Waals surface area contributed by atoms with Crippen LogP contribution in [-0.4, -0.2) is 32.7 Å². The third-order valence-corrected chi connectivity index (χ3v) is 3.54. The molecule has 0 bridgehead atoms. The summed E-state index contributed by atoms with van der Waals surface area (Å²) in [6, 6.07) is 5.30. The van der Waals surface area contributed by atoms with Gasteiger partial charge in [-0.2, -0.15) is 0 Å². The van der Waals surface area contributed by atoms with Gasteiger partial charge < -0.3 is 15.4 Å². The molecule has 0 fully saturated rings. The van der Waals surface area contributed by atoms with Crippen molar-refractivity contribution in [2.24, 2.45) is 5.41 Å². The molecule has 21 heavy (non-hydrogen) atoms. The fourth-order valence-corrected chi connectivity index (χ4v) is 2.10. The molecule has 0 aromatic heterocycles. The largest absolute Gasteiger partial charge is 0.385 e. The van der Waals surface area contributed by atoms with Crippen LogP contribution in [0, 0.1) is 5.41 Å². The highest BCUT2D eigenvalue weighted by Gasteiger charge is 2.20. The van der Waals surface area contributed by atoms with Crippen molar-refractivity contribution in [1.82, 2.24) is 5.32 Å². The average molecular weight is 313 g/mol. The van der Waals surface area contributed by atoms with Crippen LogP contribution in [0.15, 0.2) is 18.2 Å². The molecule has 0 saturated heterocycles. The van der Waals surface area contributed by atoms with E-state index in [0.29, 0.717) is 23.7 Å². The first-order valence-electron chi connectivity index (χ1n) is 7.20. The van der Waals surface area contributed by atoms with Gasteiger partial charge in [-0.3, -0.25) is 4.79 Å². The zero-order valence-electron chi connectivity index (χ0n) is 13.3. The van der Waals surface area contributed by atoms with E-state index in [9.17, 15) is 4.79 Å². The SMILES string of the molecule is CCNc1ccc(Cl)cc1C(=O)NCC(C)(C)CCOC. The van der Waals surface area contributed by atoms with E-state index < -0.39 is 0 Å². The van der Waals surface area contributed by atoms with Crippen LogP contribution < -0.4 is 10.6 Å². The van der Waals surface area contributed by atoms with Gasteiger partial charge in [-0.05, 0) is 37.0 Å². The number of carbonyl (C=O) groups excluding carboxylic acids is 1. The molecule has 0 spiro atoms. The Morgan fingerprint density at radius 3 is 2.71 bits per heavy atom. The Morgan fingerprint density at radius 1 is 1.38 bits per heavy atom. The van der Waals surface area contributed by atoms with Crippen molar-refractivity contribution in [1.29, 1.82) is 0 Å². The van der Waals surface area contributed by atoms with Crippen LogP contribution in [0.1, 0.15) is 37.6 Å². The van der Waals surface area contributed by atoms with Gasteiger partial charge in [0, 0.05) is 37.5 Å². The predicted octanol–water partition coefficient (Wildman–Crippen LogP) is 3.56. The Balaban J connectivity index is 2.73. The van der Waals surface area contributed by atoms with Gasteiger partial charge in [0.2, 0.25) is 0 Å². The zero-order chi connectivity index (χ0) is 15.9. The maximum Gasteiger partial charge on any atom is 0.253 e. The molecule has 2 N–H and O–H groups in total. The summed E-state index contributed by atoms with van der Waals surface area (Å²) in [6.07, 6.45) is 0.888. The summed E-state index contributed by atoms with van der Waals surface area (Å²) in [7, 11) is 1.68. The molecule has 1 rings (SSSR count). The summed E-state index contributed by atoms with van der Waals surface area (Å²) in [6.45, 7) is 8.23. The van der Waals surface area contributed by atoms with Crippen LogP contribution in [0.2, 0.25) is 5.02 Å². The van der Waals surface area contributed by atoms with Crippen LogP contribution in [0.3, 0.4) is 0 Å². The predicted molar refractivity (Wildman–Crippen MR) is 88.2 cm³/mol. The Labute approximate surface area is 132 Å². The summed E-state index contributed by atoms with van der Waals surface area (Å²) in [4.78, 5) is 12.4. The lowest BCUT2D eigenvalue weighted by Gasteiger charge is -2.24. The van der Waals surface area contributed by atoms with Crippen molar-refractivity contribution in [3.8, 4) is 0 Å². The lowest BCUT2D eigenvalue weighted by Crippen LogP contribution is -2.35. The van der Waals surface area contributed by atoms with E-state index in [1.807, 2.05) is 13.0 Å². The number of anilines is 1. The van der Waals surface area contributed by atoms with Crippen molar-refractivity contribution in [3.63, 3.8) is 0 Å². The molecule has 0 aliphatic rings. The van der Waals surface area contributed by atoms with Crippen molar-refractivity contribution in [3.05, 3.63) is 28.8 Å². The molecule has 4 nitrogen and oxygen atoms in total. The van der Waals surface area contributed by atoms with E-state index in [1.54, 1.807) is 19.2 Å². The topological polar surface area (TPSA) is 50.4 Å². The minimum absolute atomic E-state index is 0.0113. The Morgan fingerprint density at radius 2 is 2.10 bits per heavy atom. The molecule has 1 amide bonds. The van der Waals surface area contributed by atoms with Gasteiger partial charge in [-0.15, -0.1) is 0 Å². The summed E-state index contributed by atoms with van der Waals surface area (Å²) in [5.41, 5.74) is 1.36. The van der Waals surface area contributed by atoms with Gasteiger partial charge >= 0.3 is 0 Å². The standard InChI is InChI=1S/C16H25ClN2O2/c1-5-18-14-7-6-12(17)10-13(14)15(20)19-11-16(2,3)8-9-21-4/h6-7,10,18H,5,8-9,11H2,1-4H3,(H,19,20). The Hall–Kier alpha value is -1.26. The minimum atomic E-state index is -0.112. The monoisotopic (exact) mass is 312 g/mol. The molecular weight excluding hydrogens is 288 g/mol. The van der Waals surface area contributed by atoms with Crippen LogP contribution in [0.4, 0.5) is 5.69 Å². The second-order valence-corrected chi connectivity index (χ2v) is 6.25. The van der Waals surface area contributed by atoms with Gasteiger partial charge in [0.05, 0.1) is 5.56 Å². The molecular formula is C16H25ClN2O2. The summed E-state index contributed by atoms with van der Waals surface area (Å²) in [5.74, 6) is -0.112. The number of hydrogen-bond donors (Lipinski definition) is 2. The first-order chi connectivity index (χ1) is 9.89. The fraction of sp³-hybridized carbons (Fsp3) is 0.562. The Bertz CT molecular complexity index is 475. The minimum Gasteiger partial charge on any atom is -0.385 e. The third kappa shape index (κ3) is 5.94. The molecule has 0 radical (unpaired) electrons. The fourth-order valence-electron chi connectivity index (χ4n) is 1.93. The molecule has 0 aliphatic heterocycles. The molecule has 0 aliphatic carbocycles. The lowest BCUT2D eigenvalue weighted by atomic mass is 9.89. The second kappa shape index (κ2) is 8.25. The summed E-state index contributed by atoms with van der Waals surface area (Å²) >= 11 is 6.00. The van der Waals surface area contributed by atoms with E-state index in [4.69, 9.17) is 16.3 Å². The van der Waals surface area contributed by atoms with Gasteiger partial charge in [0.25, 0.3) is 5.91 Å². The first-order valence-corrected chi connectivity index (χ1v) is 7.58. The van der Waals surface area contributed by atoms with Gasteiger partial charge in [-0.1, -0.05) is 25.4 Å². The first kappa shape index (κ1) is 17.8. The number of hydrogen-bond acceptors (Lipinski definition) is 3. The number of rotatable bonds is 8. The van der Waals surface area contributed by atoms with Crippen molar-refractivity contribution in [2.75, 3.05) is 32.1 Å². The molecule has 0 unspecified atom stereocenters. The highest BCUT2D eigenvalue weighted by molar-refractivity contribution is 6.31. The van der Waals surface area contributed by atoms with Crippen LogP contribution in [0.25, 0.3) is 0 Å². The second-order valence-electron chi connectivity index (χ2n) is 5.81. The number of amides is 1. The van der Waals surface area contributed by atoms with Gasteiger partial charge in [0.1, 0.15) is 0 Å². The molecule has 118 valence electrons. The van der Waals surface area contributed by atoms with E-state index in [2.05, 4.69) is 24.5 Å². The summed E-state index contributed by atoms with van der Waals surface area (Å²) in [5, 5.41) is 6.71. The van der Waals surface area contributed by atoms with Gasteiger partial charge in [0.15, 0.2) is 0 Å². The maximum atomic E-state index is 12.4. The highest BCUT2D eigenvalue weighted by atomic mass is 35.5. The summed E-state index contributed by atoms with van der Waals surface area (Å²) < 4.78 is 5.10.